The number of rotatable bonds is 11. The third-order valence-corrected chi connectivity index (χ3v) is 3.75. The Labute approximate surface area is 118 Å². The minimum atomic E-state index is -0.162. The molecule has 0 aliphatic carbocycles. The van der Waals surface area contributed by atoms with Crippen molar-refractivity contribution in [3.8, 4) is 0 Å². The Hall–Kier alpha value is -0.610. The maximum absolute atomic E-state index is 12.0. The van der Waals surface area contributed by atoms with Gasteiger partial charge in [0.25, 0.3) is 0 Å². The lowest BCUT2D eigenvalue weighted by Gasteiger charge is -2.26. The van der Waals surface area contributed by atoms with Crippen molar-refractivity contribution in [1.82, 2.24) is 10.2 Å². The smallest absolute Gasteiger partial charge is 0.323 e. The molecule has 0 heterocycles. The zero-order valence-corrected chi connectivity index (χ0v) is 13.4. The van der Waals surface area contributed by atoms with Crippen molar-refractivity contribution in [2.75, 3.05) is 32.8 Å². The zero-order valence-electron chi connectivity index (χ0n) is 13.4. The molecule has 0 rings (SSSR count). The molecule has 0 aromatic carbocycles. The van der Waals surface area contributed by atoms with Gasteiger partial charge in [-0.1, -0.05) is 40.5 Å². The van der Waals surface area contributed by atoms with Crippen molar-refractivity contribution < 1.29 is 9.53 Å². The first kappa shape index (κ1) is 18.4. The molecule has 0 fully saturated rings. The summed E-state index contributed by atoms with van der Waals surface area (Å²) in [6.45, 7) is 14.8. The highest BCUT2D eigenvalue weighted by atomic mass is 16.5. The van der Waals surface area contributed by atoms with Crippen LogP contribution in [-0.4, -0.2) is 49.7 Å². The molecular formula is C15H32N2O2. The molecule has 0 saturated carbocycles. The van der Waals surface area contributed by atoms with Crippen LogP contribution in [0.25, 0.3) is 0 Å². The molecule has 4 nitrogen and oxygen atoms in total. The zero-order chi connectivity index (χ0) is 14.7. The first-order valence-electron chi connectivity index (χ1n) is 7.76. The number of likely N-dealkylation sites (N-methyl/N-ethyl adjacent to an activating group) is 1. The second kappa shape index (κ2) is 11.2. The minimum absolute atomic E-state index is 0.101. The van der Waals surface area contributed by atoms with Gasteiger partial charge in [0.2, 0.25) is 0 Å². The highest BCUT2D eigenvalue weighted by molar-refractivity contribution is 5.76. The highest BCUT2D eigenvalue weighted by Crippen LogP contribution is 2.14. The minimum Gasteiger partial charge on any atom is -0.465 e. The fourth-order valence-corrected chi connectivity index (χ4v) is 2.35. The average Bonchev–Trinajstić information content (AvgIpc) is 2.43. The van der Waals surface area contributed by atoms with E-state index in [1.165, 1.54) is 0 Å². The number of carbonyl (C=O) groups excluding carboxylic acids is 1. The van der Waals surface area contributed by atoms with Gasteiger partial charge in [-0.2, -0.15) is 0 Å². The van der Waals surface area contributed by atoms with Crippen LogP contribution in [0.15, 0.2) is 0 Å². The van der Waals surface area contributed by atoms with Crippen LogP contribution < -0.4 is 5.32 Å². The molecule has 1 atom stereocenters. The molecule has 1 N–H and O–H groups in total. The van der Waals surface area contributed by atoms with E-state index in [9.17, 15) is 4.79 Å². The van der Waals surface area contributed by atoms with Crippen molar-refractivity contribution in [3.63, 3.8) is 0 Å². The number of nitrogens with one attached hydrogen (secondary N) is 1. The lowest BCUT2D eigenvalue weighted by atomic mass is 9.94. The first-order chi connectivity index (χ1) is 9.14. The summed E-state index contributed by atoms with van der Waals surface area (Å²) in [5.41, 5.74) is 0. The molecular weight excluding hydrogens is 240 g/mol. The summed E-state index contributed by atoms with van der Waals surface area (Å²) < 4.78 is 5.18. The quantitative estimate of drug-likeness (QED) is 0.586. The van der Waals surface area contributed by atoms with Crippen LogP contribution >= 0.6 is 0 Å². The van der Waals surface area contributed by atoms with E-state index in [4.69, 9.17) is 4.74 Å². The van der Waals surface area contributed by atoms with E-state index < -0.39 is 0 Å². The van der Waals surface area contributed by atoms with Crippen LogP contribution in [0.3, 0.4) is 0 Å². The normalized spacial score (nSPS) is 13.0. The third kappa shape index (κ3) is 6.92. The molecule has 0 saturated heterocycles. The van der Waals surface area contributed by atoms with Crippen LogP contribution in [0.5, 0.6) is 0 Å². The van der Waals surface area contributed by atoms with Crippen molar-refractivity contribution in [2.45, 2.75) is 53.5 Å². The Kier molecular flexibility index (Phi) is 10.9. The molecule has 0 aromatic heterocycles. The topological polar surface area (TPSA) is 41.6 Å². The molecule has 0 aromatic rings. The van der Waals surface area contributed by atoms with Gasteiger partial charge >= 0.3 is 5.97 Å². The maximum Gasteiger partial charge on any atom is 0.323 e. The van der Waals surface area contributed by atoms with Gasteiger partial charge in [0.15, 0.2) is 0 Å². The lowest BCUT2D eigenvalue weighted by molar-refractivity contribution is -0.147. The number of carbonyl (C=O) groups is 1. The van der Waals surface area contributed by atoms with E-state index in [-0.39, 0.29) is 12.0 Å². The highest BCUT2D eigenvalue weighted by Gasteiger charge is 2.26. The second-order valence-corrected chi connectivity index (χ2v) is 4.79. The predicted octanol–water partition coefficient (Wildman–Crippen LogP) is 2.29. The molecule has 1 unspecified atom stereocenters. The van der Waals surface area contributed by atoms with Crippen LogP contribution in [0.2, 0.25) is 0 Å². The Morgan fingerprint density at radius 2 is 1.68 bits per heavy atom. The molecule has 114 valence electrons. The fourth-order valence-electron chi connectivity index (χ4n) is 2.35. The molecule has 19 heavy (non-hydrogen) atoms. The van der Waals surface area contributed by atoms with Crippen molar-refractivity contribution in [1.29, 1.82) is 0 Å². The second-order valence-electron chi connectivity index (χ2n) is 4.79. The van der Waals surface area contributed by atoms with Gasteiger partial charge in [0.1, 0.15) is 6.04 Å². The molecule has 0 spiro atoms. The van der Waals surface area contributed by atoms with Crippen molar-refractivity contribution in [3.05, 3.63) is 0 Å². The molecule has 0 aliphatic rings. The summed E-state index contributed by atoms with van der Waals surface area (Å²) in [5.74, 6) is 0.256. The van der Waals surface area contributed by atoms with Gasteiger partial charge in [-0.05, 0) is 25.9 Å². The van der Waals surface area contributed by atoms with E-state index in [2.05, 4.69) is 37.9 Å². The lowest BCUT2D eigenvalue weighted by Crippen LogP contribution is -2.46. The van der Waals surface area contributed by atoms with Gasteiger partial charge < -0.3 is 15.0 Å². The third-order valence-electron chi connectivity index (χ3n) is 3.75. The van der Waals surface area contributed by atoms with Crippen LogP contribution in [0.4, 0.5) is 0 Å². The van der Waals surface area contributed by atoms with Gasteiger partial charge in [0, 0.05) is 13.1 Å². The Bertz CT molecular complexity index is 226. The fraction of sp³-hybridized carbons (Fsp3) is 0.933. The van der Waals surface area contributed by atoms with Crippen LogP contribution in [0.1, 0.15) is 47.5 Å². The van der Waals surface area contributed by atoms with E-state index >= 15 is 0 Å². The van der Waals surface area contributed by atoms with Gasteiger partial charge in [0.05, 0.1) is 6.61 Å². The standard InChI is InChI=1S/C15H32N2O2/c1-6-13(7-2)14(15(18)19-10-5)16-11-12-17(8-3)9-4/h13-14,16H,6-12H2,1-5H3. The van der Waals surface area contributed by atoms with E-state index in [1.807, 2.05) is 6.92 Å². The molecule has 0 aliphatic heterocycles. The summed E-state index contributed by atoms with van der Waals surface area (Å²) in [4.78, 5) is 14.4. The van der Waals surface area contributed by atoms with Crippen LogP contribution in [0, 0.1) is 5.92 Å². The molecule has 0 radical (unpaired) electrons. The summed E-state index contributed by atoms with van der Waals surface area (Å²) in [7, 11) is 0. The first-order valence-corrected chi connectivity index (χ1v) is 7.76. The summed E-state index contributed by atoms with van der Waals surface area (Å²) in [5, 5.41) is 3.39. The van der Waals surface area contributed by atoms with Crippen LogP contribution in [-0.2, 0) is 9.53 Å². The largest absolute Gasteiger partial charge is 0.465 e. The monoisotopic (exact) mass is 272 g/mol. The van der Waals surface area contributed by atoms with E-state index in [1.54, 1.807) is 0 Å². The Morgan fingerprint density at radius 1 is 1.11 bits per heavy atom. The molecule has 0 bridgehead atoms. The summed E-state index contributed by atoms with van der Waals surface area (Å²) >= 11 is 0. The Balaban J connectivity index is 4.37. The molecule has 0 amide bonds. The number of nitrogens with zero attached hydrogens (tertiary/aromatic N) is 1. The number of hydrogen-bond donors (Lipinski definition) is 1. The van der Waals surface area contributed by atoms with E-state index in [0.29, 0.717) is 12.5 Å². The van der Waals surface area contributed by atoms with E-state index in [0.717, 1.165) is 39.0 Å². The number of ether oxygens (including phenoxy) is 1. The van der Waals surface area contributed by atoms with Gasteiger partial charge in [-0.25, -0.2) is 0 Å². The van der Waals surface area contributed by atoms with Gasteiger partial charge in [-0.15, -0.1) is 0 Å². The summed E-state index contributed by atoms with van der Waals surface area (Å²) in [6.07, 6.45) is 2.00. The summed E-state index contributed by atoms with van der Waals surface area (Å²) in [6, 6.07) is -0.162. The SMILES string of the molecule is CCOC(=O)C(NCCN(CC)CC)C(CC)CC. The maximum atomic E-state index is 12.0. The molecule has 4 heteroatoms. The number of hydrogen-bond acceptors (Lipinski definition) is 4. The predicted molar refractivity (Wildman–Crippen MR) is 80.3 cm³/mol. The number of esters is 1. The average molecular weight is 272 g/mol. The Morgan fingerprint density at radius 3 is 2.11 bits per heavy atom. The van der Waals surface area contributed by atoms with Gasteiger partial charge in [-0.3, -0.25) is 4.79 Å². The van der Waals surface area contributed by atoms with Crippen molar-refractivity contribution in [2.24, 2.45) is 5.92 Å². The van der Waals surface area contributed by atoms with Crippen molar-refractivity contribution >= 4 is 5.97 Å².